The van der Waals surface area contributed by atoms with Gasteiger partial charge in [0.25, 0.3) is 15.6 Å². The number of sulfonamides is 1. The molecule has 1 N–H and O–H groups in total. The summed E-state index contributed by atoms with van der Waals surface area (Å²) < 4.78 is 74.0. The van der Waals surface area contributed by atoms with E-state index in [1.54, 1.807) is 12.1 Å². The van der Waals surface area contributed by atoms with E-state index in [0.29, 0.717) is 27.9 Å². The lowest BCUT2D eigenvalue weighted by atomic mass is 9.69. The average molecular weight is 567 g/mol. The van der Waals surface area contributed by atoms with Gasteiger partial charge < -0.3 is 4.74 Å². The monoisotopic (exact) mass is 566 g/mol. The van der Waals surface area contributed by atoms with Gasteiger partial charge in [-0.25, -0.2) is 23.1 Å². The van der Waals surface area contributed by atoms with Crippen LogP contribution in [0.3, 0.4) is 0 Å². The van der Waals surface area contributed by atoms with Crippen LogP contribution in [0, 0.1) is 11.8 Å². The van der Waals surface area contributed by atoms with Crippen LogP contribution < -0.4 is 10.3 Å². The van der Waals surface area contributed by atoms with Crippen molar-refractivity contribution in [2.75, 3.05) is 11.8 Å². The Morgan fingerprint density at radius 1 is 1.13 bits per heavy atom. The van der Waals surface area contributed by atoms with E-state index in [4.69, 9.17) is 16.3 Å². The van der Waals surface area contributed by atoms with Crippen LogP contribution in [0.5, 0.6) is 0 Å². The van der Waals surface area contributed by atoms with E-state index in [-0.39, 0.29) is 36.0 Å². The molecule has 0 amide bonds. The smallest absolute Gasteiger partial charge is 0.391 e. The zero-order valence-electron chi connectivity index (χ0n) is 19.9. The second-order valence-corrected chi connectivity index (χ2v) is 11.4. The lowest BCUT2D eigenvalue weighted by molar-refractivity contribution is -0.201. The van der Waals surface area contributed by atoms with E-state index < -0.39 is 33.1 Å². The standard InChI is InChI=1S/C25H22ClF3N4O4S/c1-37-22-12-18(15-9-16(10-15)25(27,28)29)19(26)13-21(22)33-20-5-4-17(11-14(20)3-6-23(33)34)38(35,36)32-24-30-7-2-8-31-24/h2-8,11-12,15-16,19H,9-10,13H2,1H3,(H,30,31,32). The Morgan fingerprint density at radius 2 is 1.84 bits per heavy atom. The normalized spacial score (nSPS) is 22.1. The fraction of sp³-hybridized carbons (Fsp3) is 0.320. The number of rotatable bonds is 6. The summed E-state index contributed by atoms with van der Waals surface area (Å²) in [4.78, 5) is 20.7. The summed E-state index contributed by atoms with van der Waals surface area (Å²) in [5.41, 5.74) is 1.11. The summed E-state index contributed by atoms with van der Waals surface area (Å²) in [6.45, 7) is 0. The number of alkyl halides is 4. The summed E-state index contributed by atoms with van der Waals surface area (Å²) in [6, 6.07) is 8.63. The number of allylic oxidation sites excluding steroid dienone is 3. The maximum atomic E-state index is 13.0. The van der Waals surface area contributed by atoms with E-state index in [0.717, 1.165) is 0 Å². The van der Waals surface area contributed by atoms with Gasteiger partial charge in [-0.1, -0.05) is 0 Å². The minimum absolute atomic E-state index is 0.0294. The molecule has 2 aliphatic rings. The summed E-state index contributed by atoms with van der Waals surface area (Å²) in [5.74, 6) is -1.42. The molecule has 1 unspecified atom stereocenters. The van der Waals surface area contributed by atoms with Crippen LogP contribution in [-0.4, -0.2) is 41.6 Å². The molecular weight excluding hydrogens is 545 g/mol. The molecule has 0 spiro atoms. The Labute approximate surface area is 220 Å². The van der Waals surface area contributed by atoms with Gasteiger partial charge in [-0.05, 0) is 60.7 Å². The first kappa shape index (κ1) is 26.2. The van der Waals surface area contributed by atoms with Gasteiger partial charge in [-0.15, -0.1) is 11.6 Å². The molecule has 5 rings (SSSR count). The highest BCUT2D eigenvalue weighted by Gasteiger charge is 2.49. The number of anilines is 1. The van der Waals surface area contributed by atoms with Gasteiger partial charge in [0.05, 0.1) is 34.5 Å². The molecular formula is C25H22ClF3N4O4S. The number of pyridine rings is 1. The first-order valence-corrected chi connectivity index (χ1v) is 13.6. The predicted octanol–water partition coefficient (Wildman–Crippen LogP) is 4.93. The van der Waals surface area contributed by atoms with Gasteiger partial charge >= 0.3 is 6.18 Å². The molecule has 1 saturated carbocycles. The molecule has 2 aromatic heterocycles. The topological polar surface area (TPSA) is 103 Å². The molecule has 1 fully saturated rings. The molecule has 38 heavy (non-hydrogen) atoms. The third-order valence-corrected chi connectivity index (χ3v) is 8.58. The third-order valence-electron chi connectivity index (χ3n) is 6.85. The predicted molar refractivity (Wildman–Crippen MR) is 136 cm³/mol. The van der Waals surface area contributed by atoms with Crippen LogP contribution in [0.15, 0.2) is 75.9 Å². The van der Waals surface area contributed by atoms with Gasteiger partial charge in [0, 0.05) is 30.3 Å². The zero-order chi connectivity index (χ0) is 27.2. The van der Waals surface area contributed by atoms with Crippen LogP contribution in [0.25, 0.3) is 16.6 Å². The largest absolute Gasteiger partial charge is 0.495 e. The fourth-order valence-electron chi connectivity index (χ4n) is 4.82. The van der Waals surface area contributed by atoms with Gasteiger partial charge in [-0.3, -0.25) is 9.36 Å². The Kier molecular flexibility index (Phi) is 6.72. The minimum atomic E-state index is -4.23. The van der Waals surface area contributed by atoms with E-state index >= 15 is 0 Å². The number of benzene rings is 1. The van der Waals surface area contributed by atoms with E-state index in [1.807, 2.05) is 0 Å². The molecule has 1 atom stereocenters. The van der Waals surface area contributed by atoms with Crippen LogP contribution in [0.2, 0.25) is 0 Å². The summed E-state index contributed by atoms with van der Waals surface area (Å²) in [7, 11) is -2.60. The summed E-state index contributed by atoms with van der Waals surface area (Å²) >= 11 is 6.63. The molecule has 0 saturated heterocycles. The number of nitrogens with zero attached hydrogens (tertiary/aromatic N) is 3. The fourth-order valence-corrected chi connectivity index (χ4v) is 6.20. The van der Waals surface area contributed by atoms with Crippen molar-refractivity contribution in [2.45, 2.75) is 35.7 Å². The Balaban J connectivity index is 1.52. The van der Waals surface area contributed by atoms with Crippen LogP contribution >= 0.6 is 11.6 Å². The van der Waals surface area contributed by atoms with Crippen molar-refractivity contribution in [2.24, 2.45) is 11.8 Å². The quantitative estimate of drug-likeness (QED) is 0.424. The van der Waals surface area contributed by atoms with Crippen LogP contribution in [0.4, 0.5) is 19.1 Å². The van der Waals surface area contributed by atoms with Gasteiger partial charge in [0.1, 0.15) is 5.76 Å². The second kappa shape index (κ2) is 9.73. The van der Waals surface area contributed by atoms with Crippen molar-refractivity contribution in [3.8, 4) is 0 Å². The Hall–Kier alpha value is -3.38. The van der Waals surface area contributed by atoms with Crippen molar-refractivity contribution in [3.63, 3.8) is 0 Å². The molecule has 200 valence electrons. The number of halogens is 4. The van der Waals surface area contributed by atoms with Crippen molar-refractivity contribution < 1.29 is 26.3 Å². The number of hydrogen-bond acceptors (Lipinski definition) is 6. The number of nitrogens with one attached hydrogen (secondary N) is 1. The molecule has 1 aromatic carbocycles. The maximum Gasteiger partial charge on any atom is 0.391 e. The first-order valence-electron chi connectivity index (χ1n) is 11.6. The second-order valence-electron chi connectivity index (χ2n) is 9.14. The van der Waals surface area contributed by atoms with Crippen molar-refractivity contribution >= 4 is 44.2 Å². The molecule has 13 heteroatoms. The van der Waals surface area contributed by atoms with Gasteiger partial charge in [-0.2, -0.15) is 13.2 Å². The number of methoxy groups -OCH3 is 1. The number of aromatic nitrogens is 3. The van der Waals surface area contributed by atoms with Gasteiger partial charge in [0.15, 0.2) is 0 Å². The summed E-state index contributed by atoms with van der Waals surface area (Å²) in [5, 5.41) is -0.169. The Morgan fingerprint density at radius 3 is 2.50 bits per heavy atom. The lowest BCUT2D eigenvalue weighted by Gasteiger charge is -2.40. The van der Waals surface area contributed by atoms with Crippen LogP contribution in [-0.2, 0) is 14.8 Å². The minimum Gasteiger partial charge on any atom is -0.495 e. The molecule has 3 aromatic rings. The highest BCUT2D eigenvalue weighted by molar-refractivity contribution is 7.92. The van der Waals surface area contributed by atoms with Crippen molar-refractivity contribution in [1.29, 1.82) is 0 Å². The third kappa shape index (κ3) is 4.90. The van der Waals surface area contributed by atoms with Crippen molar-refractivity contribution in [1.82, 2.24) is 14.5 Å². The summed E-state index contributed by atoms with van der Waals surface area (Å²) in [6.07, 6.45) is 0.288. The number of ether oxygens (including phenoxy) is 1. The molecule has 2 heterocycles. The van der Waals surface area contributed by atoms with E-state index in [2.05, 4.69) is 14.7 Å². The molecule has 0 bridgehead atoms. The molecule has 0 radical (unpaired) electrons. The molecule has 0 aliphatic heterocycles. The molecule has 8 nitrogen and oxygen atoms in total. The van der Waals surface area contributed by atoms with Crippen LogP contribution in [0.1, 0.15) is 19.3 Å². The highest BCUT2D eigenvalue weighted by atomic mass is 35.5. The number of fused-ring (bicyclic) bond motifs is 1. The highest BCUT2D eigenvalue weighted by Crippen LogP contribution is 2.50. The maximum absolute atomic E-state index is 13.0. The Bertz CT molecular complexity index is 1620. The SMILES string of the molecule is COC1=C(n2c(=O)ccc3cc(S(=O)(=O)Nc4ncccn4)ccc32)CC(Cl)C(C2CC(C(F)(F)F)C2)=C1. The average Bonchev–Trinajstić information content (AvgIpc) is 2.83. The first-order chi connectivity index (χ1) is 18.0. The molecule has 2 aliphatic carbocycles. The van der Waals surface area contributed by atoms with Crippen molar-refractivity contribution in [3.05, 3.63) is 76.6 Å². The van der Waals surface area contributed by atoms with E-state index in [1.165, 1.54) is 54.4 Å². The van der Waals surface area contributed by atoms with E-state index in [9.17, 15) is 26.4 Å². The van der Waals surface area contributed by atoms with Gasteiger partial charge in [0.2, 0.25) is 5.95 Å². The lowest BCUT2D eigenvalue weighted by Crippen LogP contribution is -2.38. The zero-order valence-corrected chi connectivity index (χ0v) is 21.5. The number of hydrogen-bond donors (Lipinski definition) is 1.